The van der Waals surface area contributed by atoms with Crippen LogP contribution in [0.15, 0.2) is 24.3 Å². The number of para-hydroxylation sites is 1. The van der Waals surface area contributed by atoms with Gasteiger partial charge in [-0.1, -0.05) is 25.1 Å². The highest BCUT2D eigenvalue weighted by molar-refractivity contribution is 5.55. The van der Waals surface area contributed by atoms with Crippen molar-refractivity contribution in [2.45, 2.75) is 32.7 Å². The van der Waals surface area contributed by atoms with Crippen molar-refractivity contribution in [3.63, 3.8) is 0 Å². The number of hydrogen-bond donors (Lipinski definition) is 1. The third-order valence-electron chi connectivity index (χ3n) is 3.55. The van der Waals surface area contributed by atoms with E-state index in [0.717, 1.165) is 5.92 Å². The fourth-order valence-corrected chi connectivity index (χ4v) is 2.41. The predicted octanol–water partition coefficient (Wildman–Crippen LogP) is 2.94. The van der Waals surface area contributed by atoms with E-state index in [9.17, 15) is 0 Å². The van der Waals surface area contributed by atoms with Crippen LogP contribution < -0.4 is 10.6 Å². The minimum absolute atomic E-state index is 0.121. The van der Waals surface area contributed by atoms with Crippen LogP contribution in [0.25, 0.3) is 0 Å². The second-order valence-corrected chi connectivity index (χ2v) is 5.02. The molecule has 0 saturated carbocycles. The molecule has 2 heteroatoms. The van der Waals surface area contributed by atoms with Crippen molar-refractivity contribution in [2.24, 2.45) is 11.7 Å². The summed E-state index contributed by atoms with van der Waals surface area (Å²) in [5, 5.41) is 0. The summed E-state index contributed by atoms with van der Waals surface area (Å²) in [5.74, 6) is 0.874. The lowest BCUT2D eigenvalue weighted by Gasteiger charge is -2.34. The highest BCUT2D eigenvalue weighted by Crippen LogP contribution is 2.28. The van der Waals surface area contributed by atoms with Crippen molar-refractivity contribution in [2.75, 3.05) is 18.0 Å². The molecule has 1 aromatic carbocycles. The molecular formula is C14H22N2. The molecule has 0 radical (unpaired) electrons. The van der Waals surface area contributed by atoms with Gasteiger partial charge in [-0.05, 0) is 37.3 Å². The molecule has 1 atom stereocenters. The molecule has 0 aromatic heterocycles. The molecule has 1 aromatic rings. The van der Waals surface area contributed by atoms with E-state index >= 15 is 0 Å². The van der Waals surface area contributed by atoms with Crippen LogP contribution in [0.3, 0.4) is 0 Å². The number of nitrogens with two attached hydrogens (primary N) is 1. The molecule has 1 aliphatic rings. The molecular weight excluding hydrogens is 196 g/mol. The van der Waals surface area contributed by atoms with Crippen molar-refractivity contribution < 1.29 is 0 Å². The number of rotatable bonds is 2. The van der Waals surface area contributed by atoms with E-state index in [1.807, 2.05) is 0 Å². The molecule has 16 heavy (non-hydrogen) atoms. The van der Waals surface area contributed by atoms with Crippen molar-refractivity contribution in [3.05, 3.63) is 29.8 Å². The predicted molar refractivity (Wildman–Crippen MR) is 69.7 cm³/mol. The fourth-order valence-electron chi connectivity index (χ4n) is 2.41. The minimum Gasteiger partial charge on any atom is -0.371 e. The second-order valence-electron chi connectivity index (χ2n) is 5.02. The second kappa shape index (κ2) is 4.88. The lowest BCUT2D eigenvalue weighted by molar-refractivity contribution is 0.437. The van der Waals surface area contributed by atoms with E-state index in [2.05, 4.69) is 43.0 Å². The molecule has 1 fully saturated rings. The average molecular weight is 218 g/mol. The third kappa shape index (κ3) is 2.38. The SMILES string of the molecule is CC1CCN(c2ccccc2[C@H](C)N)CC1. The highest BCUT2D eigenvalue weighted by Gasteiger charge is 2.18. The molecule has 0 aliphatic carbocycles. The van der Waals surface area contributed by atoms with Gasteiger partial charge in [-0.15, -0.1) is 0 Å². The molecule has 2 nitrogen and oxygen atoms in total. The van der Waals surface area contributed by atoms with Gasteiger partial charge in [0.1, 0.15) is 0 Å². The number of benzene rings is 1. The molecule has 0 bridgehead atoms. The quantitative estimate of drug-likeness (QED) is 0.827. The Balaban J connectivity index is 2.19. The molecule has 88 valence electrons. The van der Waals surface area contributed by atoms with Crippen LogP contribution in [0.5, 0.6) is 0 Å². The summed E-state index contributed by atoms with van der Waals surface area (Å²) in [6, 6.07) is 8.66. The number of piperidine rings is 1. The van der Waals surface area contributed by atoms with Gasteiger partial charge in [-0.2, -0.15) is 0 Å². The smallest absolute Gasteiger partial charge is 0.0414 e. The van der Waals surface area contributed by atoms with E-state index in [0.29, 0.717) is 0 Å². The zero-order chi connectivity index (χ0) is 11.5. The van der Waals surface area contributed by atoms with Gasteiger partial charge < -0.3 is 10.6 Å². The Morgan fingerprint density at radius 1 is 1.25 bits per heavy atom. The summed E-state index contributed by atoms with van der Waals surface area (Å²) in [6.07, 6.45) is 2.60. The van der Waals surface area contributed by atoms with Crippen LogP contribution in [0.1, 0.15) is 38.3 Å². The average Bonchev–Trinajstić information content (AvgIpc) is 2.30. The summed E-state index contributed by atoms with van der Waals surface area (Å²) in [5.41, 5.74) is 8.63. The first kappa shape index (κ1) is 11.5. The van der Waals surface area contributed by atoms with Crippen LogP contribution in [0, 0.1) is 5.92 Å². The molecule has 2 rings (SSSR count). The first-order valence-corrected chi connectivity index (χ1v) is 6.28. The van der Waals surface area contributed by atoms with Crippen molar-refractivity contribution in [3.8, 4) is 0 Å². The maximum Gasteiger partial charge on any atom is 0.0414 e. The summed E-state index contributed by atoms with van der Waals surface area (Å²) in [6.45, 7) is 6.75. The van der Waals surface area contributed by atoms with Crippen molar-refractivity contribution in [1.82, 2.24) is 0 Å². The van der Waals surface area contributed by atoms with Gasteiger partial charge in [0.2, 0.25) is 0 Å². The number of hydrogen-bond acceptors (Lipinski definition) is 2. The number of anilines is 1. The van der Waals surface area contributed by atoms with Gasteiger partial charge in [0, 0.05) is 24.8 Å². The zero-order valence-corrected chi connectivity index (χ0v) is 10.3. The van der Waals surface area contributed by atoms with E-state index < -0.39 is 0 Å². The summed E-state index contributed by atoms with van der Waals surface area (Å²) < 4.78 is 0. The molecule has 1 heterocycles. The van der Waals surface area contributed by atoms with Crippen LogP contribution in [-0.2, 0) is 0 Å². The lowest BCUT2D eigenvalue weighted by atomic mass is 9.97. The van der Waals surface area contributed by atoms with E-state index in [4.69, 9.17) is 5.73 Å². The van der Waals surface area contributed by atoms with Crippen LogP contribution in [-0.4, -0.2) is 13.1 Å². The van der Waals surface area contributed by atoms with Crippen LogP contribution in [0.4, 0.5) is 5.69 Å². The summed E-state index contributed by atoms with van der Waals surface area (Å²) in [7, 11) is 0. The van der Waals surface area contributed by atoms with Crippen molar-refractivity contribution in [1.29, 1.82) is 0 Å². The van der Waals surface area contributed by atoms with Gasteiger partial charge in [0.05, 0.1) is 0 Å². The zero-order valence-electron chi connectivity index (χ0n) is 10.3. The molecule has 1 saturated heterocycles. The van der Waals surface area contributed by atoms with Gasteiger partial charge in [-0.25, -0.2) is 0 Å². The van der Waals surface area contributed by atoms with Crippen LogP contribution >= 0.6 is 0 Å². The molecule has 2 N–H and O–H groups in total. The van der Waals surface area contributed by atoms with E-state index in [1.54, 1.807) is 0 Å². The Morgan fingerprint density at radius 2 is 1.88 bits per heavy atom. The van der Waals surface area contributed by atoms with Gasteiger partial charge in [0.15, 0.2) is 0 Å². The van der Waals surface area contributed by atoms with Crippen molar-refractivity contribution >= 4 is 5.69 Å². The lowest BCUT2D eigenvalue weighted by Crippen LogP contribution is -2.33. The Bertz CT molecular complexity index is 338. The maximum absolute atomic E-state index is 6.02. The number of nitrogens with zero attached hydrogens (tertiary/aromatic N) is 1. The third-order valence-corrected chi connectivity index (χ3v) is 3.55. The monoisotopic (exact) mass is 218 g/mol. The Kier molecular flexibility index (Phi) is 3.49. The molecule has 0 unspecified atom stereocenters. The summed E-state index contributed by atoms with van der Waals surface area (Å²) in [4.78, 5) is 2.48. The molecule has 0 spiro atoms. The van der Waals surface area contributed by atoms with Crippen LogP contribution in [0.2, 0.25) is 0 Å². The largest absolute Gasteiger partial charge is 0.371 e. The van der Waals surface area contributed by atoms with Gasteiger partial charge >= 0.3 is 0 Å². The normalized spacial score (nSPS) is 19.8. The molecule has 1 aliphatic heterocycles. The maximum atomic E-state index is 6.02. The highest BCUT2D eigenvalue weighted by atomic mass is 15.1. The molecule has 0 amide bonds. The van der Waals surface area contributed by atoms with Gasteiger partial charge in [0.25, 0.3) is 0 Å². The first-order chi connectivity index (χ1) is 7.68. The fraction of sp³-hybridized carbons (Fsp3) is 0.571. The Morgan fingerprint density at radius 3 is 2.50 bits per heavy atom. The minimum atomic E-state index is 0.121. The van der Waals surface area contributed by atoms with E-state index in [-0.39, 0.29) is 6.04 Å². The topological polar surface area (TPSA) is 29.3 Å². The Labute approximate surface area is 98.4 Å². The standard InChI is InChI=1S/C14H22N2/c1-11-7-9-16(10-8-11)14-6-4-3-5-13(14)12(2)15/h3-6,11-12H,7-10,15H2,1-2H3/t12-/m0/s1. The first-order valence-electron chi connectivity index (χ1n) is 6.28. The van der Waals surface area contributed by atoms with E-state index in [1.165, 1.54) is 37.2 Å². The van der Waals surface area contributed by atoms with Gasteiger partial charge in [-0.3, -0.25) is 0 Å². The summed E-state index contributed by atoms with van der Waals surface area (Å²) >= 11 is 0. The Hall–Kier alpha value is -1.02.